The number of halogens is 1. The van der Waals surface area contributed by atoms with Gasteiger partial charge < -0.3 is 5.32 Å². The molecule has 0 radical (unpaired) electrons. The Balaban J connectivity index is 2.16. The molecule has 1 saturated carbocycles. The second kappa shape index (κ2) is 5.18. The number of alkyl halides is 1. The van der Waals surface area contributed by atoms with Gasteiger partial charge in [-0.3, -0.25) is 0 Å². The maximum absolute atomic E-state index is 14.6. The summed E-state index contributed by atoms with van der Waals surface area (Å²) in [5, 5.41) is 3.22. The lowest BCUT2D eigenvalue weighted by Crippen LogP contribution is -2.24. The Bertz CT molecular complexity index is 369. The van der Waals surface area contributed by atoms with E-state index >= 15 is 0 Å². The van der Waals surface area contributed by atoms with Crippen LogP contribution < -0.4 is 5.32 Å². The Hall–Kier alpha value is -0.890. The van der Waals surface area contributed by atoms with Crippen molar-refractivity contribution in [2.24, 2.45) is 0 Å². The molecule has 0 amide bonds. The predicted molar refractivity (Wildman–Crippen MR) is 69.9 cm³/mol. The highest BCUT2D eigenvalue weighted by Crippen LogP contribution is 2.42. The molecule has 1 aromatic rings. The van der Waals surface area contributed by atoms with E-state index in [0.717, 1.165) is 24.8 Å². The number of hydrogen-bond donors (Lipinski definition) is 1. The van der Waals surface area contributed by atoms with Crippen molar-refractivity contribution >= 4 is 0 Å². The summed E-state index contributed by atoms with van der Waals surface area (Å²) in [6.07, 6.45) is 4.39. The first kappa shape index (κ1) is 12.6. The van der Waals surface area contributed by atoms with Crippen molar-refractivity contribution in [1.29, 1.82) is 0 Å². The molecule has 1 aliphatic carbocycles. The van der Waals surface area contributed by atoms with E-state index in [1.165, 1.54) is 5.56 Å². The van der Waals surface area contributed by atoms with Gasteiger partial charge in [-0.15, -0.1) is 0 Å². The molecule has 1 N–H and O–H groups in total. The summed E-state index contributed by atoms with van der Waals surface area (Å²) in [7, 11) is 1.96. The highest BCUT2D eigenvalue weighted by molar-refractivity contribution is 5.29. The van der Waals surface area contributed by atoms with Gasteiger partial charge in [-0.1, -0.05) is 24.3 Å². The minimum Gasteiger partial charge on any atom is -0.317 e. The monoisotopic (exact) mass is 235 g/mol. The van der Waals surface area contributed by atoms with Crippen molar-refractivity contribution in [3.05, 3.63) is 35.4 Å². The van der Waals surface area contributed by atoms with Gasteiger partial charge in [0, 0.05) is 6.04 Å². The molecular weight excluding hydrogens is 213 g/mol. The van der Waals surface area contributed by atoms with Crippen molar-refractivity contribution in [2.45, 2.75) is 50.7 Å². The highest BCUT2D eigenvalue weighted by Gasteiger charge is 2.35. The average molecular weight is 235 g/mol. The largest absolute Gasteiger partial charge is 0.317 e. The Kier molecular flexibility index (Phi) is 3.82. The lowest BCUT2D eigenvalue weighted by molar-refractivity contribution is 0.174. The van der Waals surface area contributed by atoms with Crippen LogP contribution in [-0.4, -0.2) is 13.1 Å². The molecule has 1 nitrogen and oxygen atoms in total. The lowest BCUT2D eigenvalue weighted by Gasteiger charge is -2.20. The zero-order chi connectivity index (χ0) is 12.3. The van der Waals surface area contributed by atoms with Crippen molar-refractivity contribution in [3.8, 4) is 0 Å². The summed E-state index contributed by atoms with van der Waals surface area (Å²) in [6, 6.07) is 8.52. The molecule has 0 saturated heterocycles. The van der Waals surface area contributed by atoms with E-state index < -0.39 is 5.67 Å². The third-order valence-electron chi connectivity index (χ3n) is 3.88. The summed E-state index contributed by atoms with van der Waals surface area (Å²) < 4.78 is 14.6. The van der Waals surface area contributed by atoms with Crippen LogP contribution >= 0.6 is 0 Å². The molecule has 0 bridgehead atoms. The van der Waals surface area contributed by atoms with Crippen LogP contribution in [0.15, 0.2) is 24.3 Å². The van der Waals surface area contributed by atoms with Crippen molar-refractivity contribution in [3.63, 3.8) is 0 Å². The van der Waals surface area contributed by atoms with Gasteiger partial charge in [-0.25, -0.2) is 4.39 Å². The fourth-order valence-electron chi connectivity index (χ4n) is 2.66. The molecule has 1 aliphatic rings. The number of likely N-dealkylation sites (N-methyl/N-ethyl adjacent to an activating group) is 1. The topological polar surface area (TPSA) is 12.0 Å². The third kappa shape index (κ3) is 2.86. The Morgan fingerprint density at radius 1 is 1.35 bits per heavy atom. The molecule has 1 fully saturated rings. The van der Waals surface area contributed by atoms with Gasteiger partial charge in [0.25, 0.3) is 0 Å². The van der Waals surface area contributed by atoms with Gasteiger partial charge in [0.1, 0.15) is 5.67 Å². The van der Waals surface area contributed by atoms with Gasteiger partial charge in [0.2, 0.25) is 0 Å². The summed E-state index contributed by atoms with van der Waals surface area (Å²) in [5.41, 5.74) is 1.06. The second-order valence-electron chi connectivity index (χ2n) is 5.27. The van der Waals surface area contributed by atoms with Crippen LogP contribution in [0.5, 0.6) is 0 Å². The molecule has 0 spiro atoms. The zero-order valence-corrected chi connectivity index (χ0v) is 10.8. The Morgan fingerprint density at radius 2 is 2.06 bits per heavy atom. The van der Waals surface area contributed by atoms with Crippen LogP contribution in [0.1, 0.15) is 43.7 Å². The summed E-state index contributed by atoms with van der Waals surface area (Å²) >= 11 is 0. The van der Waals surface area contributed by atoms with Crippen molar-refractivity contribution < 1.29 is 4.39 Å². The molecule has 1 unspecified atom stereocenters. The fraction of sp³-hybridized carbons (Fsp3) is 0.600. The molecule has 1 aromatic carbocycles. The molecule has 0 heterocycles. The predicted octanol–water partition coefficient (Wildman–Crippen LogP) is 3.58. The van der Waals surface area contributed by atoms with E-state index in [-0.39, 0.29) is 0 Å². The first-order valence-corrected chi connectivity index (χ1v) is 6.60. The smallest absolute Gasteiger partial charge is 0.136 e. The average Bonchev–Trinajstić information content (AvgIpc) is 2.78. The second-order valence-corrected chi connectivity index (χ2v) is 5.27. The summed E-state index contributed by atoms with van der Waals surface area (Å²) in [6.45, 7) is 2.15. The number of nitrogens with one attached hydrogen (secondary N) is 1. The number of hydrogen-bond acceptors (Lipinski definition) is 1. The van der Waals surface area contributed by atoms with Gasteiger partial charge in [0.15, 0.2) is 0 Å². The highest BCUT2D eigenvalue weighted by atomic mass is 19.1. The van der Waals surface area contributed by atoms with Crippen molar-refractivity contribution in [2.75, 3.05) is 7.05 Å². The first-order valence-electron chi connectivity index (χ1n) is 6.60. The zero-order valence-electron chi connectivity index (χ0n) is 10.8. The molecule has 0 aromatic heterocycles. The molecule has 94 valence electrons. The quantitative estimate of drug-likeness (QED) is 0.841. The van der Waals surface area contributed by atoms with E-state index in [9.17, 15) is 4.39 Å². The van der Waals surface area contributed by atoms with E-state index in [0.29, 0.717) is 18.9 Å². The van der Waals surface area contributed by atoms with Crippen molar-refractivity contribution in [1.82, 2.24) is 5.32 Å². The standard InChI is InChI=1S/C15H22FN/c1-12(17-2)10-13-6-5-7-14(11-13)15(16)8-3-4-9-15/h5-7,11-12,17H,3-4,8-10H2,1-2H3. The summed E-state index contributed by atoms with van der Waals surface area (Å²) in [5.74, 6) is 0. The Morgan fingerprint density at radius 3 is 2.71 bits per heavy atom. The van der Waals surface area contributed by atoms with Gasteiger partial charge >= 0.3 is 0 Å². The van der Waals surface area contributed by atoms with Crippen LogP contribution in [0, 0.1) is 0 Å². The van der Waals surface area contributed by atoms with Gasteiger partial charge in [0.05, 0.1) is 0 Å². The fourth-order valence-corrected chi connectivity index (χ4v) is 2.66. The first-order chi connectivity index (χ1) is 8.14. The number of benzene rings is 1. The SMILES string of the molecule is CNC(C)Cc1cccc(C2(F)CCCC2)c1. The molecule has 17 heavy (non-hydrogen) atoms. The molecule has 2 heteroatoms. The molecular formula is C15H22FN. The van der Waals surface area contributed by atoms with Crippen LogP contribution in [0.3, 0.4) is 0 Å². The van der Waals surface area contributed by atoms with Crippen LogP contribution in [0.25, 0.3) is 0 Å². The maximum Gasteiger partial charge on any atom is 0.136 e. The molecule has 2 rings (SSSR count). The van der Waals surface area contributed by atoms with E-state index in [1.807, 2.05) is 19.2 Å². The van der Waals surface area contributed by atoms with E-state index in [1.54, 1.807) is 0 Å². The van der Waals surface area contributed by atoms with E-state index in [4.69, 9.17) is 0 Å². The van der Waals surface area contributed by atoms with Gasteiger partial charge in [-0.2, -0.15) is 0 Å². The molecule has 1 atom stereocenters. The minimum atomic E-state index is -1.06. The minimum absolute atomic E-state index is 0.435. The number of rotatable bonds is 4. The third-order valence-corrected chi connectivity index (χ3v) is 3.88. The van der Waals surface area contributed by atoms with E-state index in [2.05, 4.69) is 24.4 Å². The van der Waals surface area contributed by atoms with Crippen LogP contribution in [0.2, 0.25) is 0 Å². The normalized spacial score (nSPS) is 20.4. The van der Waals surface area contributed by atoms with Gasteiger partial charge in [-0.05, 0) is 57.2 Å². The summed E-state index contributed by atoms with van der Waals surface area (Å²) in [4.78, 5) is 0. The van der Waals surface area contributed by atoms with Crippen LogP contribution in [0.4, 0.5) is 4.39 Å². The maximum atomic E-state index is 14.6. The lowest BCUT2D eigenvalue weighted by atomic mass is 9.92. The van der Waals surface area contributed by atoms with Crippen LogP contribution in [-0.2, 0) is 12.1 Å². The molecule has 0 aliphatic heterocycles. The Labute approximate surface area is 103 Å².